The van der Waals surface area contributed by atoms with Crippen LogP contribution in [0.1, 0.15) is 15.9 Å². The van der Waals surface area contributed by atoms with Crippen LogP contribution in [0, 0.1) is 22.0 Å². The van der Waals surface area contributed by atoms with Gasteiger partial charge in [-0.05, 0) is 17.7 Å². The third-order valence-corrected chi connectivity index (χ3v) is 7.36. The number of amides is 2. The summed E-state index contributed by atoms with van der Waals surface area (Å²) in [5, 5.41) is 11.4. The molecule has 0 radical (unpaired) electrons. The van der Waals surface area contributed by atoms with E-state index in [1.54, 1.807) is 30.3 Å². The van der Waals surface area contributed by atoms with Crippen LogP contribution in [0.25, 0.3) is 6.08 Å². The van der Waals surface area contributed by atoms with Crippen LogP contribution in [-0.4, -0.2) is 41.7 Å². The minimum atomic E-state index is -0.981. The maximum absolute atomic E-state index is 14.0. The van der Waals surface area contributed by atoms with Gasteiger partial charge in [0.05, 0.1) is 29.9 Å². The molecular formula is C28H21N3O6. The quantitative estimate of drug-likeness (QED) is 0.229. The number of imide groups is 1. The van der Waals surface area contributed by atoms with Crippen molar-refractivity contribution in [1.29, 1.82) is 0 Å². The molecule has 2 fully saturated rings. The molecule has 3 heterocycles. The molecule has 3 aromatic carbocycles. The first-order valence-corrected chi connectivity index (χ1v) is 11.8. The van der Waals surface area contributed by atoms with E-state index in [9.17, 15) is 24.5 Å². The van der Waals surface area contributed by atoms with E-state index in [2.05, 4.69) is 0 Å². The van der Waals surface area contributed by atoms with Gasteiger partial charge in [-0.2, -0.15) is 0 Å². The third kappa shape index (κ3) is 3.27. The van der Waals surface area contributed by atoms with Gasteiger partial charge in [-0.3, -0.25) is 24.5 Å². The van der Waals surface area contributed by atoms with Gasteiger partial charge in [0, 0.05) is 23.4 Å². The van der Waals surface area contributed by atoms with Crippen LogP contribution in [0.2, 0.25) is 0 Å². The van der Waals surface area contributed by atoms with Crippen molar-refractivity contribution in [3.63, 3.8) is 0 Å². The summed E-state index contributed by atoms with van der Waals surface area (Å²) in [6.07, 6.45) is 3.76. The topological polar surface area (TPSA) is 110 Å². The lowest BCUT2D eigenvalue weighted by Crippen LogP contribution is -2.48. The summed E-state index contributed by atoms with van der Waals surface area (Å²) in [7, 11) is 1.36. The predicted molar refractivity (Wildman–Crippen MR) is 135 cm³/mol. The first kappa shape index (κ1) is 22.7. The second kappa shape index (κ2) is 8.41. The highest BCUT2D eigenvalue weighted by Crippen LogP contribution is 2.51. The number of nitro benzene ring substituents is 1. The number of nitro groups is 1. The Morgan fingerprint density at radius 3 is 2.35 bits per heavy atom. The highest BCUT2D eigenvalue weighted by Gasteiger charge is 2.64. The van der Waals surface area contributed by atoms with Crippen molar-refractivity contribution in [2.75, 3.05) is 16.9 Å². The number of ketones is 1. The van der Waals surface area contributed by atoms with Gasteiger partial charge < -0.3 is 9.64 Å². The van der Waals surface area contributed by atoms with Crippen LogP contribution in [0.4, 0.5) is 17.1 Å². The van der Waals surface area contributed by atoms with Gasteiger partial charge >= 0.3 is 0 Å². The number of nitrogens with zero attached hydrogens (tertiary/aromatic N) is 3. The van der Waals surface area contributed by atoms with Crippen molar-refractivity contribution < 1.29 is 24.0 Å². The zero-order valence-corrected chi connectivity index (χ0v) is 19.7. The zero-order valence-electron chi connectivity index (χ0n) is 19.7. The minimum Gasteiger partial charge on any atom is -0.495 e. The first-order valence-electron chi connectivity index (χ1n) is 11.8. The van der Waals surface area contributed by atoms with Crippen LogP contribution < -0.4 is 14.5 Å². The number of methoxy groups -OCH3 is 1. The van der Waals surface area contributed by atoms with Gasteiger partial charge in [0.25, 0.3) is 5.69 Å². The number of carbonyl (C=O) groups is 3. The Balaban J connectivity index is 1.51. The number of anilines is 2. The number of Topliss-reactive ketones (excluding diaryl/α,β-unsaturated/α-hetero) is 1. The number of hydrogen-bond acceptors (Lipinski definition) is 7. The summed E-state index contributed by atoms with van der Waals surface area (Å²) in [6.45, 7) is 0. The Morgan fingerprint density at radius 2 is 1.62 bits per heavy atom. The molecule has 3 aromatic rings. The first-order chi connectivity index (χ1) is 17.9. The zero-order chi connectivity index (χ0) is 25.8. The van der Waals surface area contributed by atoms with E-state index in [0.717, 1.165) is 22.2 Å². The number of carbonyl (C=O) groups excluding carboxylic acids is 3. The average Bonchev–Trinajstić information content (AvgIpc) is 3.40. The van der Waals surface area contributed by atoms with Crippen molar-refractivity contribution in [3.8, 4) is 5.75 Å². The largest absolute Gasteiger partial charge is 0.495 e. The second-order valence-corrected chi connectivity index (χ2v) is 9.17. The number of benzene rings is 3. The fourth-order valence-corrected chi connectivity index (χ4v) is 5.79. The molecule has 37 heavy (non-hydrogen) atoms. The Labute approximate surface area is 211 Å². The van der Waals surface area contributed by atoms with E-state index in [1.807, 2.05) is 41.3 Å². The average molecular weight is 495 g/mol. The van der Waals surface area contributed by atoms with Gasteiger partial charge in [-0.15, -0.1) is 0 Å². The molecular weight excluding hydrogens is 474 g/mol. The van der Waals surface area contributed by atoms with E-state index in [1.165, 1.54) is 19.2 Å². The van der Waals surface area contributed by atoms with E-state index >= 15 is 0 Å². The number of para-hydroxylation sites is 1. The minimum absolute atomic E-state index is 0.00116. The Morgan fingerprint density at radius 1 is 0.919 bits per heavy atom. The summed E-state index contributed by atoms with van der Waals surface area (Å²) in [6, 6.07) is 18.5. The van der Waals surface area contributed by atoms with Crippen LogP contribution in [-0.2, 0) is 9.59 Å². The van der Waals surface area contributed by atoms with Crippen LogP contribution >= 0.6 is 0 Å². The third-order valence-electron chi connectivity index (χ3n) is 7.36. The van der Waals surface area contributed by atoms with Crippen LogP contribution in [0.15, 0.2) is 78.9 Å². The molecule has 0 aliphatic carbocycles. The molecule has 0 unspecified atom stereocenters. The molecule has 2 saturated heterocycles. The van der Waals surface area contributed by atoms with Gasteiger partial charge in [0.2, 0.25) is 11.8 Å². The molecule has 0 N–H and O–H groups in total. The molecule has 6 rings (SSSR count). The SMILES string of the molecule is COc1ccc([N+](=O)[O-])cc1N1C(=O)[C@@H]2[C@H](C1=O)[C@@H](C(=O)c1ccccc1)N1c3ccccc3C=C[C@@H]21. The molecule has 3 aliphatic rings. The van der Waals surface area contributed by atoms with Gasteiger partial charge in [0.15, 0.2) is 5.78 Å². The highest BCUT2D eigenvalue weighted by atomic mass is 16.6. The molecule has 0 spiro atoms. The number of ether oxygens (including phenoxy) is 1. The Kier molecular flexibility index (Phi) is 5.15. The molecule has 0 aromatic heterocycles. The summed E-state index contributed by atoms with van der Waals surface area (Å²) < 4.78 is 5.35. The molecule has 184 valence electrons. The normalized spacial score (nSPS) is 23.5. The fourth-order valence-electron chi connectivity index (χ4n) is 5.79. The van der Waals surface area contributed by atoms with Crippen LogP contribution in [0.3, 0.4) is 0 Å². The molecule has 0 saturated carbocycles. The van der Waals surface area contributed by atoms with Crippen molar-refractivity contribution >= 4 is 40.7 Å². The van der Waals surface area contributed by atoms with Gasteiger partial charge in [-0.25, -0.2) is 4.90 Å². The molecule has 9 heteroatoms. The number of non-ortho nitro benzene ring substituents is 1. The van der Waals surface area contributed by atoms with Gasteiger partial charge in [0.1, 0.15) is 17.5 Å². The Bertz CT molecular complexity index is 1500. The lowest BCUT2D eigenvalue weighted by molar-refractivity contribution is -0.384. The monoisotopic (exact) mass is 495 g/mol. The van der Waals surface area contributed by atoms with Crippen molar-refractivity contribution in [2.45, 2.75) is 12.1 Å². The fraction of sp³-hybridized carbons (Fsp3) is 0.179. The molecule has 3 aliphatic heterocycles. The maximum Gasteiger partial charge on any atom is 0.271 e. The number of hydrogen-bond donors (Lipinski definition) is 0. The standard InChI is InChI=1S/C28H21N3O6/c1-37-22-14-12-18(31(35)36)15-21(22)30-27(33)23-20-13-11-16-7-5-6-10-19(16)29(20)25(24(23)28(30)34)26(32)17-8-3-2-4-9-17/h2-15,20,23-25H,1H3/t20-,23-,24-,25-/m0/s1. The van der Waals surface area contributed by atoms with Crippen LogP contribution in [0.5, 0.6) is 5.75 Å². The highest BCUT2D eigenvalue weighted by molar-refractivity contribution is 6.26. The molecule has 2 amide bonds. The maximum atomic E-state index is 14.0. The number of fused-ring (bicyclic) bond motifs is 5. The lowest BCUT2D eigenvalue weighted by Gasteiger charge is -2.36. The van der Waals surface area contributed by atoms with E-state index < -0.39 is 40.7 Å². The predicted octanol–water partition coefficient (Wildman–Crippen LogP) is 3.88. The van der Waals surface area contributed by atoms with E-state index in [4.69, 9.17) is 4.74 Å². The van der Waals surface area contributed by atoms with Crippen molar-refractivity contribution in [3.05, 3.63) is 100 Å². The number of rotatable bonds is 5. The summed E-state index contributed by atoms with van der Waals surface area (Å²) in [5.74, 6) is -3.04. The molecule has 4 atom stereocenters. The molecule has 0 bridgehead atoms. The molecule has 9 nitrogen and oxygen atoms in total. The van der Waals surface area contributed by atoms with Gasteiger partial charge in [-0.1, -0.05) is 60.7 Å². The van der Waals surface area contributed by atoms with E-state index in [0.29, 0.717) is 5.56 Å². The van der Waals surface area contributed by atoms with Crippen molar-refractivity contribution in [2.24, 2.45) is 11.8 Å². The Hall–Kier alpha value is -4.79. The summed E-state index contributed by atoms with van der Waals surface area (Å²) in [5.41, 5.74) is 1.82. The summed E-state index contributed by atoms with van der Waals surface area (Å²) >= 11 is 0. The van der Waals surface area contributed by atoms with Crippen molar-refractivity contribution in [1.82, 2.24) is 0 Å². The smallest absolute Gasteiger partial charge is 0.271 e. The summed E-state index contributed by atoms with van der Waals surface area (Å²) in [4.78, 5) is 55.6. The second-order valence-electron chi connectivity index (χ2n) is 9.17. The lowest BCUT2D eigenvalue weighted by atomic mass is 9.86. The van der Waals surface area contributed by atoms with E-state index in [-0.39, 0.29) is 22.9 Å².